The van der Waals surface area contributed by atoms with Crippen LogP contribution < -0.4 is 10.2 Å². The summed E-state index contributed by atoms with van der Waals surface area (Å²) in [5, 5.41) is 7.79. The van der Waals surface area contributed by atoms with E-state index in [9.17, 15) is 4.79 Å². The van der Waals surface area contributed by atoms with Crippen molar-refractivity contribution < 1.29 is 4.79 Å². The highest BCUT2D eigenvalue weighted by Crippen LogP contribution is 2.30. The van der Waals surface area contributed by atoms with E-state index in [-0.39, 0.29) is 5.91 Å². The Balaban J connectivity index is 1.41. The largest absolute Gasteiger partial charge is 0.369 e. The number of benzene rings is 2. The van der Waals surface area contributed by atoms with Gasteiger partial charge in [0.15, 0.2) is 0 Å². The molecule has 1 saturated heterocycles. The lowest BCUT2D eigenvalue weighted by atomic mass is 10.1. The second-order valence-corrected chi connectivity index (χ2v) is 8.25. The molecule has 4 rings (SSSR count). The highest BCUT2D eigenvalue weighted by molar-refractivity contribution is 7.99. The maximum Gasteiger partial charge on any atom is 0.255 e. The highest BCUT2D eigenvalue weighted by Gasteiger charge is 2.15. The predicted molar refractivity (Wildman–Crippen MR) is 117 cm³/mol. The number of amides is 1. The molecule has 7 heteroatoms. The number of carbonyl (C=O) groups excluding carboxylic acids is 1. The van der Waals surface area contributed by atoms with Gasteiger partial charge >= 0.3 is 0 Å². The lowest BCUT2D eigenvalue weighted by Crippen LogP contribution is -2.32. The molecule has 0 atom stereocenters. The molecular weight excluding hydrogens is 392 g/mol. The van der Waals surface area contributed by atoms with Gasteiger partial charge in [-0.05, 0) is 42.0 Å². The summed E-state index contributed by atoms with van der Waals surface area (Å²) in [7, 11) is 0. The van der Waals surface area contributed by atoms with Crippen LogP contribution in [-0.2, 0) is 6.54 Å². The van der Waals surface area contributed by atoms with E-state index in [2.05, 4.69) is 15.3 Å². The molecule has 0 aliphatic carbocycles. The van der Waals surface area contributed by atoms with Crippen molar-refractivity contribution in [1.29, 1.82) is 0 Å². The average Bonchev–Trinajstić information content (AvgIpc) is 3.22. The number of hydrogen-bond donors (Lipinski definition) is 1. The van der Waals surface area contributed by atoms with Crippen molar-refractivity contribution in [3.05, 3.63) is 77.1 Å². The maximum atomic E-state index is 12.6. The molecule has 5 nitrogen and oxygen atoms in total. The van der Waals surface area contributed by atoms with Gasteiger partial charge in [0.2, 0.25) is 0 Å². The quantitative estimate of drug-likeness (QED) is 0.675. The Labute approximate surface area is 173 Å². The molecular formula is C21H21ClN4OS. The molecule has 0 bridgehead atoms. The molecule has 3 aromatic rings. The number of carbonyl (C=O) groups is 1. The first-order valence-corrected chi connectivity index (χ1v) is 10.7. The zero-order chi connectivity index (χ0) is 19.3. The molecule has 2 aromatic carbocycles. The number of nitrogens with zero attached hydrogens (tertiary/aromatic N) is 3. The predicted octanol–water partition coefficient (Wildman–Crippen LogP) is 4.39. The van der Waals surface area contributed by atoms with E-state index >= 15 is 0 Å². The van der Waals surface area contributed by atoms with Crippen LogP contribution in [0.15, 0.2) is 60.9 Å². The molecule has 1 aliphatic rings. The standard InChI is InChI=1S/C21H21ClN4OS/c22-19-14-18(6-7-20(19)25-10-12-28-13-11-25)24-21(27)17-4-2-16(3-5-17)15-26-9-1-8-23-26/h1-9,14H,10-13,15H2,(H,24,27). The summed E-state index contributed by atoms with van der Waals surface area (Å²) >= 11 is 8.44. The molecule has 1 fully saturated rings. The maximum absolute atomic E-state index is 12.6. The summed E-state index contributed by atoms with van der Waals surface area (Å²) in [6, 6.07) is 15.2. The van der Waals surface area contributed by atoms with Gasteiger partial charge in [-0.1, -0.05) is 23.7 Å². The van der Waals surface area contributed by atoms with Gasteiger partial charge in [0.1, 0.15) is 0 Å². The Morgan fingerprint density at radius 3 is 2.61 bits per heavy atom. The van der Waals surface area contributed by atoms with Crippen LogP contribution >= 0.6 is 23.4 Å². The van der Waals surface area contributed by atoms with Crippen molar-refractivity contribution in [3.8, 4) is 0 Å². The lowest BCUT2D eigenvalue weighted by Gasteiger charge is -2.29. The summed E-state index contributed by atoms with van der Waals surface area (Å²) < 4.78 is 1.85. The van der Waals surface area contributed by atoms with Gasteiger partial charge in [0, 0.05) is 48.2 Å². The van der Waals surface area contributed by atoms with Crippen molar-refractivity contribution in [3.63, 3.8) is 0 Å². The lowest BCUT2D eigenvalue weighted by molar-refractivity contribution is 0.102. The Morgan fingerprint density at radius 1 is 1.14 bits per heavy atom. The summed E-state index contributed by atoms with van der Waals surface area (Å²) in [4.78, 5) is 14.8. The zero-order valence-electron chi connectivity index (χ0n) is 15.3. The van der Waals surface area contributed by atoms with E-state index in [1.165, 1.54) is 0 Å². The van der Waals surface area contributed by atoms with E-state index in [0.717, 1.165) is 35.8 Å². The van der Waals surface area contributed by atoms with Gasteiger partial charge < -0.3 is 10.2 Å². The summed E-state index contributed by atoms with van der Waals surface area (Å²) in [6.45, 7) is 2.68. The molecule has 2 heterocycles. The molecule has 0 unspecified atom stereocenters. The minimum Gasteiger partial charge on any atom is -0.369 e. The van der Waals surface area contributed by atoms with E-state index in [4.69, 9.17) is 11.6 Å². The van der Waals surface area contributed by atoms with Gasteiger partial charge in [0.05, 0.1) is 17.3 Å². The third-order valence-electron chi connectivity index (χ3n) is 4.68. The Bertz CT molecular complexity index is 938. The minimum absolute atomic E-state index is 0.149. The zero-order valence-corrected chi connectivity index (χ0v) is 16.9. The molecule has 1 aliphatic heterocycles. The number of rotatable bonds is 5. The third-order valence-corrected chi connectivity index (χ3v) is 5.92. The molecule has 0 radical (unpaired) electrons. The van der Waals surface area contributed by atoms with Crippen molar-refractivity contribution in [2.75, 3.05) is 34.8 Å². The van der Waals surface area contributed by atoms with Crippen molar-refractivity contribution in [2.45, 2.75) is 6.54 Å². The molecule has 144 valence electrons. The summed E-state index contributed by atoms with van der Waals surface area (Å²) in [6.07, 6.45) is 3.67. The number of thioether (sulfide) groups is 1. The molecule has 28 heavy (non-hydrogen) atoms. The molecule has 1 aromatic heterocycles. The number of nitrogens with one attached hydrogen (secondary N) is 1. The van der Waals surface area contributed by atoms with Gasteiger partial charge in [-0.3, -0.25) is 9.48 Å². The van der Waals surface area contributed by atoms with Crippen LogP contribution in [0.4, 0.5) is 11.4 Å². The first-order chi connectivity index (χ1) is 13.7. The highest BCUT2D eigenvalue weighted by atomic mass is 35.5. The first-order valence-electron chi connectivity index (χ1n) is 9.19. The Morgan fingerprint density at radius 2 is 1.93 bits per heavy atom. The third kappa shape index (κ3) is 4.51. The fourth-order valence-electron chi connectivity index (χ4n) is 3.19. The molecule has 1 amide bonds. The summed E-state index contributed by atoms with van der Waals surface area (Å²) in [5.41, 5.74) is 3.43. The van der Waals surface area contributed by atoms with Crippen molar-refractivity contribution in [2.24, 2.45) is 0 Å². The Kier molecular flexibility index (Phi) is 5.88. The van der Waals surface area contributed by atoms with E-state index in [1.807, 2.05) is 71.2 Å². The van der Waals surface area contributed by atoms with Gasteiger partial charge in [-0.15, -0.1) is 0 Å². The van der Waals surface area contributed by atoms with Crippen LogP contribution in [0.3, 0.4) is 0 Å². The van der Waals surface area contributed by atoms with Crippen LogP contribution in [0.25, 0.3) is 0 Å². The Hall–Kier alpha value is -2.44. The molecule has 0 spiro atoms. The van der Waals surface area contributed by atoms with Crippen LogP contribution in [0.2, 0.25) is 5.02 Å². The number of halogens is 1. The number of anilines is 2. The van der Waals surface area contributed by atoms with Crippen LogP contribution in [0.5, 0.6) is 0 Å². The minimum atomic E-state index is -0.149. The summed E-state index contributed by atoms with van der Waals surface area (Å²) in [5.74, 6) is 2.08. The normalized spacial score (nSPS) is 14.1. The fourth-order valence-corrected chi connectivity index (χ4v) is 4.39. The second kappa shape index (κ2) is 8.71. The van der Waals surface area contributed by atoms with Crippen molar-refractivity contribution >= 4 is 40.6 Å². The van der Waals surface area contributed by atoms with Gasteiger partial charge in [0.25, 0.3) is 5.91 Å². The van der Waals surface area contributed by atoms with E-state index < -0.39 is 0 Å². The van der Waals surface area contributed by atoms with Crippen LogP contribution in [0.1, 0.15) is 15.9 Å². The second-order valence-electron chi connectivity index (χ2n) is 6.62. The van der Waals surface area contributed by atoms with E-state index in [0.29, 0.717) is 22.8 Å². The molecule has 1 N–H and O–H groups in total. The average molecular weight is 413 g/mol. The topological polar surface area (TPSA) is 50.2 Å². The molecule has 0 saturated carbocycles. The SMILES string of the molecule is O=C(Nc1ccc(N2CCSCC2)c(Cl)c1)c1ccc(Cn2cccn2)cc1. The smallest absolute Gasteiger partial charge is 0.255 e. The van der Waals surface area contributed by atoms with Crippen LogP contribution in [-0.4, -0.2) is 40.3 Å². The number of aromatic nitrogens is 2. The first kappa shape index (κ1) is 18.9. The monoisotopic (exact) mass is 412 g/mol. The van der Waals surface area contributed by atoms with E-state index in [1.54, 1.807) is 6.20 Å². The van der Waals surface area contributed by atoms with Gasteiger partial charge in [-0.2, -0.15) is 16.9 Å². The van der Waals surface area contributed by atoms with Crippen LogP contribution in [0, 0.1) is 0 Å². The fraction of sp³-hybridized carbons (Fsp3) is 0.238. The van der Waals surface area contributed by atoms with Crippen molar-refractivity contribution in [1.82, 2.24) is 9.78 Å². The number of hydrogen-bond acceptors (Lipinski definition) is 4. The van der Waals surface area contributed by atoms with Gasteiger partial charge in [-0.25, -0.2) is 0 Å².